The van der Waals surface area contributed by atoms with Crippen molar-refractivity contribution in [1.82, 2.24) is 9.55 Å². The molecular weight excluding hydrogens is 204 g/mol. The molecule has 0 saturated carbocycles. The van der Waals surface area contributed by atoms with Gasteiger partial charge in [0.25, 0.3) is 0 Å². The van der Waals surface area contributed by atoms with Crippen molar-refractivity contribution in [3.8, 4) is 0 Å². The molecule has 0 aliphatic heterocycles. The summed E-state index contributed by atoms with van der Waals surface area (Å²) in [7, 11) is 0. The van der Waals surface area contributed by atoms with Gasteiger partial charge in [-0.2, -0.15) is 0 Å². The summed E-state index contributed by atoms with van der Waals surface area (Å²) in [5.41, 5.74) is 3.51. The van der Waals surface area contributed by atoms with Crippen molar-refractivity contribution in [3.63, 3.8) is 0 Å². The quantitative estimate of drug-likeness (QED) is 0.581. The summed E-state index contributed by atoms with van der Waals surface area (Å²) >= 11 is 0. The zero-order valence-electron chi connectivity index (χ0n) is 8.63. The van der Waals surface area contributed by atoms with Gasteiger partial charge < -0.3 is 9.99 Å². The number of nitrogen functional groups attached to an aromatic ring is 1. The Morgan fingerprint density at radius 2 is 2.06 bits per heavy atom. The summed E-state index contributed by atoms with van der Waals surface area (Å²) in [6.07, 6.45) is 5.13. The Balaban J connectivity index is 2.26. The minimum absolute atomic E-state index is 0.000361. The highest BCUT2D eigenvalue weighted by molar-refractivity contribution is 5.42. The first-order chi connectivity index (χ1) is 7.79. The van der Waals surface area contributed by atoms with E-state index in [1.807, 2.05) is 16.7 Å². The number of hydrazine groups is 1. The Kier molecular flexibility index (Phi) is 2.98. The minimum atomic E-state index is -0.000361. The lowest BCUT2D eigenvalue weighted by Crippen LogP contribution is -2.13. The summed E-state index contributed by atoms with van der Waals surface area (Å²) in [5, 5.41) is 0. The number of hydrogen-bond acceptors (Lipinski definition) is 4. The van der Waals surface area contributed by atoms with Crippen LogP contribution in [0.4, 0.5) is 5.82 Å². The van der Waals surface area contributed by atoms with E-state index in [1.165, 1.54) is 12.1 Å². The van der Waals surface area contributed by atoms with Gasteiger partial charge in [0.15, 0.2) is 5.43 Å². The highest BCUT2D eigenvalue weighted by atomic mass is 16.1. The average Bonchev–Trinajstić information content (AvgIpc) is 2.33. The number of aromatic nitrogens is 2. The van der Waals surface area contributed by atoms with E-state index in [0.717, 1.165) is 5.56 Å². The lowest BCUT2D eigenvalue weighted by Gasteiger charge is -2.09. The molecule has 2 rings (SSSR count). The fourth-order valence-corrected chi connectivity index (χ4v) is 1.44. The summed E-state index contributed by atoms with van der Waals surface area (Å²) in [4.78, 5) is 15.0. The molecule has 2 heterocycles. The fourth-order valence-electron chi connectivity index (χ4n) is 1.44. The van der Waals surface area contributed by atoms with Crippen molar-refractivity contribution >= 4 is 5.82 Å². The second-order valence-electron chi connectivity index (χ2n) is 3.36. The van der Waals surface area contributed by atoms with Gasteiger partial charge in [-0.25, -0.2) is 10.8 Å². The third-order valence-corrected chi connectivity index (χ3v) is 2.24. The molecule has 3 N–H and O–H groups in total. The minimum Gasteiger partial charge on any atom is -0.349 e. The molecule has 0 aliphatic rings. The highest BCUT2D eigenvalue weighted by Crippen LogP contribution is 2.10. The number of nitrogens with one attached hydrogen (secondary N) is 1. The Hall–Kier alpha value is -2.14. The van der Waals surface area contributed by atoms with Gasteiger partial charge in [-0.05, 0) is 6.07 Å². The van der Waals surface area contributed by atoms with Crippen LogP contribution in [0.3, 0.4) is 0 Å². The van der Waals surface area contributed by atoms with Gasteiger partial charge in [-0.1, -0.05) is 6.07 Å². The highest BCUT2D eigenvalue weighted by Gasteiger charge is 2.01. The monoisotopic (exact) mass is 216 g/mol. The summed E-state index contributed by atoms with van der Waals surface area (Å²) < 4.78 is 1.89. The molecule has 5 nitrogen and oxygen atoms in total. The second kappa shape index (κ2) is 4.59. The molecule has 2 aromatic heterocycles. The molecule has 0 aromatic carbocycles. The maximum Gasteiger partial charge on any atom is 0.181 e. The number of nitrogens with zero attached hydrogens (tertiary/aromatic N) is 2. The topological polar surface area (TPSA) is 72.9 Å². The maximum atomic E-state index is 10.9. The summed E-state index contributed by atoms with van der Waals surface area (Å²) in [5.74, 6) is 6.00. The normalized spacial score (nSPS) is 10.1. The van der Waals surface area contributed by atoms with Gasteiger partial charge in [0.1, 0.15) is 5.82 Å². The van der Waals surface area contributed by atoms with Gasteiger partial charge in [0, 0.05) is 36.3 Å². The number of hydrogen-bond donors (Lipinski definition) is 2. The first-order valence-electron chi connectivity index (χ1n) is 4.86. The van der Waals surface area contributed by atoms with Crippen molar-refractivity contribution in [2.75, 3.05) is 5.43 Å². The first-order valence-corrected chi connectivity index (χ1v) is 4.86. The zero-order chi connectivity index (χ0) is 11.4. The van der Waals surface area contributed by atoms with E-state index in [2.05, 4.69) is 10.4 Å². The Labute approximate surface area is 92.5 Å². The molecule has 0 saturated heterocycles. The molecule has 0 aliphatic carbocycles. The van der Waals surface area contributed by atoms with E-state index in [1.54, 1.807) is 18.6 Å². The van der Waals surface area contributed by atoms with Crippen LogP contribution in [-0.2, 0) is 6.54 Å². The number of pyridine rings is 2. The van der Waals surface area contributed by atoms with E-state index in [-0.39, 0.29) is 5.43 Å². The second-order valence-corrected chi connectivity index (χ2v) is 3.36. The molecule has 16 heavy (non-hydrogen) atoms. The molecule has 0 atom stereocenters. The average molecular weight is 216 g/mol. The predicted molar refractivity (Wildman–Crippen MR) is 61.9 cm³/mol. The SMILES string of the molecule is NNc1ncccc1Cn1ccc(=O)cc1. The molecule has 0 amide bonds. The molecule has 0 unspecified atom stereocenters. The fraction of sp³-hybridized carbons (Fsp3) is 0.0909. The first kappa shape index (κ1) is 10.4. The van der Waals surface area contributed by atoms with Crippen LogP contribution < -0.4 is 16.7 Å². The van der Waals surface area contributed by atoms with Crippen molar-refractivity contribution in [2.24, 2.45) is 5.84 Å². The van der Waals surface area contributed by atoms with E-state index < -0.39 is 0 Å². The van der Waals surface area contributed by atoms with Crippen LogP contribution in [0.2, 0.25) is 0 Å². The maximum absolute atomic E-state index is 10.9. The number of nitrogens with two attached hydrogens (primary N) is 1. The van der Waals surface area contributed by atoms with Gasteiger partial charge in [-0.15, -0.1) is 0 Å². The van der Waals surface area contributed by atoms with E-state index in [9.17, 15) is 4.79 Å². The van der Waals surface area contributed by atoms with E-state index >= 15 is 0 Å². The van der Waals surface area contributed by atoms with Crippen LogP contribution in [0.15, 0.2) is 47.7 Å². The summed E-state index contributed by atoms with van der Waals surface area (Å²) in [6.45, 7) is 0.619. The largest absolute Gasteiger partial charge is 0.349 e. The van der Waals surface area contributed by atoms with Crippen molar-refractivity contribution in [1.29, 1.82) is 0 Å². The molecule has 0 bridgehead atoms. The van der Waals surface area contributed by atoms with Crippen LogP contribution >= 0.6 is 0 Å². The van der Waals surface area contributed by atoms with Gasteiger partial charge in [-0.3, -0.25) is 4.79 Å². The lowest BCUT2D eigenvalue weighted by atomic mass is 10.2. The van der Waals surface area contributed by atoms with Crippen LogP contribution in [0.5, 0.6) is 0 Å². The van der Waals surface area contributed by atoms with Crippen LogP contribution in [-0.4, -0.2) is 9.55 Å². The molecule has 0 radical (unpaired) electrons. The Morgan fingerprint density at radius 1 is 1.31 bits per heavy atom. The molecule has 0 spiro atoms. The van der Waals surface area contributed by atoms with Crippen molar-refractivity contribution in [3.05, 3.63) is 58.6 Å². The zero-order valence-corrected chi connectivity index (χ0v) is 8.63. The summed E-state index contributed by atoms with van der Waals surface area (Å²) in [6, 6.07) is 6.82. The molecule has 2 aromatic rings. The van der Waals surface area contributed by atoms with Crippen LogP contribution in [0.25, 0.3) is 0 Å². The molecule has 82 valence electrons. The third-order valence-electron chi connectivity index (χ3n) is 2.24. The third kappa shape index (κ3) is 2.26. The number of rotatable bonds is 3. The predicted octanol–water partition coefficient (Wildman–Crippen LogP) is 0.577. The van der Waals surface area contributed by atoms with Gasteiger partial charge >= 0.3 is 0 Å². The molecule has 5 heteroatoms. The van der Waals surface area contributed by atoms with Crippen molar-refractivity contribution in [2.45, 2.75) is 6.54 Å². The number of anilines is 1. The smallest absolute Gasteiger partial charge is 0.181 e. The Bertz CT molecular complexity index is 515. The van der Waals surface area contributed by atoms with E-state index in [4.69, 9.17) is 5.84 Å². The van der Waals surface area contributed by atoms with Crippen molar-refractivity contribution < 1.29 is 0 Å². The molecular formula is C11H12N4O. The lowest BCUT2D eigenvalue weighted by molar-refractivity contribution is 0.786. The standard InChI is InChI=1S/C11H12N4O/c12-14-11-9(2-1-5-13-11)8-15-6-3-10(16)4-7-15/h1-7H,8,12H2,(H,13,14). The van der Waals surface area contributed by atoms with E-state index in [0.29, 0.717) is 12.4 Å². The van der Waals surface area contributed by atoms with Crippen LogP contribution in [0.1, 0.15) is 5.56 Å². The van der Waals surface area contributed by atoms with Crippen LogP contribution in [0, 0.1) is 0 Å². The Morgan fingerprint density at radius 3 is 2.75 bits per heavy atom. The molecule has 0 fully saturated rings. The van der Waals surface area contributed by atoms with Gasteiger partial charge in [0.05, 0.1) is 6.54 Å². The van der Waals surface area contributed by atoms with Gasteiger partial charge in [0.2, 0.25) is 0 Å².